The number of anilines is 3. The van der Waals surface area contributed by atoms with Gasteiger partial charge in [-0.05, 0) is 43.3 Å². The molecule has 1 amide bonds. The molecule has 1 aromatic carbocycles. The lowest BCUT2D eigenvalue weighted by Gasteiger charge is -2.50. The topological polar surface area (TPSA) is 111 Å². The van der Waals surface area contributed by atoms with Crippen LogP contribution in [0.5, 0.6) is 0 Å². The number of piperazine rings is 1. The number of pyridine rings is 1. The second kappa shape index (κ2) is 10.8. The first kappa shape index (κ1) is 26.1. The Labute approximate surface area is 237 Å². The summed E-state index contributed by atoms with van der Waals surface area (Å²) in [7, 11) is 2.07. The van der Waals surface area contributed by atoms with Gasteiger partial charge in [-0.25, -0.2) is 4.52 Å². The van der Waals surface area contributed by atoms with Crippen LogP contribution in [0.15, 0.2) is 55.0 Å². The number of nitrogens with one attached hydrogen (secondary N) is 1. The fourth-order valence-corrected chi connectivity index (χ4v) is 5.81. The van der Waals surface area contributed by atoms with Gasteiger partial charge in [-0.2, -0.15) is 15.3 Å². The van der Waals surface area contributed by atoms with E-state index in [0.717, 1.165) is 62.6 Å². The Morgan fingerprint density at radius 3 is 2.77 bits per heavy atom. The van der Waals surface area contributed by atoms with Gasteiger partial charge in [0.2, 0.25) is 11.9 Å². The number of hydrogen-bond donors (Lipinski definition) is 1. The zero-order chi connectivity index (χ0) is 27.7. The summed E-state index contributed by atoms with van der Waals surface area (Å²) in [5.74, 6) is 0.510. The van der Waals surface area contributed by atoms with Crippen LogP contribution in [0.2, 0.25) is 5.02 Å². The van der Waals surface area contributed by atoms with Crippen LogP contribution in [0.3, 0.4) is 0 Å². The van der Waals surface area contributed by atoms with E-state index in [0.29, 0.717) is 23.1 Å². The third-order valence-electron chi connectivity index (χ3n) is 7.70. The number of carbonyl (C=O) groups is 1. The van der Waals surface area contributed by atoms with Crippen LogP contribution < -0.4 is 10.2 Å². The molecular weight excluding hydrogens is 528 g/mol. The minimum absolute atomic E-state index is 0.0654. The van der Waals surface area contributed by atoms with Crippen LogP contribution in [0.25, 0.3) is 5.65 Å². The van der Waals surface area contributed by atoms with Gasteiger partial charge in [-0.3, -0.25) is 9.48 Å². The summed E-state index contributed by atoms with van der Waals surface area (Å²) < 4.78 is 3.39. The molecule has 0 unspecified atom stereocenters. The largest absolute Gasteiger partial charge is 0.367 e. The molecule has 0 atom stereocenters. The third-order valence-corrected chi connectivity index (χ3v) is 7.93. The average molecular weight is 559 g/mol. The fourth-order valence-electron chi connectivity index (χ4n) is 5.60. The minimum atomic E-state index is -0.135. The Hall–Kier alpha value is -4.14. The van der Waals surface area contributed by atoms with Crippen molar-refractivity contribution in [2.75, 3.05) is 56.5 Å². The molecule has 0 spiro atoms. The lowest BCUT2D eigenvalue weighted by Crippen LogP contribution is -2.57. The first-order valence-electron chi connectivity index (χ1n) is 13.4. The summed E-state index contributed by atoms with van der Waals surface area (Å²) in [4.78, 5) is 23.8. The maximum Gasteiger partial charge on any atom is 0.247 e. The normalized spacial score (nSPS) is 17.0. The second-order valence-corrected chi connectivity index (χ2v) is 11.3. The Balaban J connectivity index is 1.12. The molecule has 1 N–H and O–H groups in total. The van der Waals surface area contributed by atoms with E-state index in [1.165, 1.54) is 0 Å². The predicted octanol–water partition coefficient (Wildman–Crippen LogP) is 3.06. The number of hydrogen-bond acceptors (Lipinski definition) is 8. The number of likely N-dealkylation sites (N-methyl/N-ethyl adjacent to an activating group) is 1. The molecule has 4 aromatic rings. The molecule has 40 heavy (non-hydrogen) atoms. The molecule has 5 heterocycles. The summed E-state index contributed by atoms with van der Waals surface area (Å²) in [6.45, 7) is 4.94. The summed E-state index contributed by atoms with van der Waals surface area (Å²) >= 11 is 6.20. The summed E-state index contributed by atoms with van der Waals surface area (Å²) in [6, 6.07) is 14.2. The highest BCUT2D eigenvalue weighted by Gasteiger charge is 2.43. The highest BCUT2D eigenvalue weighted by atomic mass is 35.5. The van der Waals surface area contributed by atoms with Crippen LogP contribution in [0, 0.1) is 16.7 Å². The number of nitriles is 1. The molecular formula is C28H31ClN10O. The van der Waals surface area contributed by atoms with Crippen molar-refractivity contribution >= 4 is 40.5 Å². The van der Waals surface area contributed by atoms with E-state index in [1.807, 2.05) is 41.4 Å². The van der Waals surface area contributed by atoms with Crippen molar-refractivity contribution in [3.8, 4) is 6.07 Å². The molecule has 2 aliphatic heterocycles. The smallest absolute Gasteiger partial charge is 0.247 e. The van der Waals surface area contributed by atoms with Crippen LogP contribution in [0.4, 0.5) is 17.3 Å². The van der Waals surface area contributed by atoms with E-state index in [4.69, 9.17) is 16.6 Å². The van der Waals surface area contributed by atoms with Gasteiger partial charge in [0.05, 0.1) is 23.6 Å². The first-order chi connectivity index (χ1) is 19.4. The lowest BCUT2D eigenvalue weighted by molar-refractivity contribution is -0.133. The Morgan fingerprint density at radius 2 is 2.00 bits per heavy atom. The molecule has 12 heteroatoms. The molecule has 11 nitrogen and oxygen atoms in total. The number of aromatic nitrogens is 5. The van der Waals surface area contributed by atoms with E-state index in [2.05, 4.69) is 44.5 Å². The van der Waals surface area contributed by atoms with Gasteiger partial charge < -0.3 is 20.0 Å². The zero-order valence-corrected chi connectivity index (χ0v) is 23.1. The number of nitrogens with zero attached hydrogens (tertiary/aromatic N) is 9. The van der Waals surface area contributed by atoms with Crippen molar-refractivity contribution in [1.82, 2.24) is 34.2 Å². The average Bonchev–Trinajstić information content (AvgIpc) is 3.53. The highest BCUT2D eigenvalue weighted by molar-refractivity contribution is 6.30. The van der Waals surface area contributed by atoms with Gasteiger partial charge in [0.25, 0.3) is 0 Å². The van der Waals surface area contributed by atoms with E-state index >= 15 is 0 Å². The number of rotatable bonds is 8. The highest BCUT2D eigenvalue weighted by Crippen LogP contribution is 2.41. The van der Waals surface area contributed by atoms with Crippen LogP contribution in [0.1, 0.15) is 12.0 Å². The standard InChI is InChI=1S/C28H31ClN10O/c1-35-10-12-36(13-11-35)25(40)18-38-17-23(16-31-38)32-27-33-26-24(6-3-9-39(26)34-27)37-19-28(20-37,7-8-30)15-21-4-2-5-22(29)14-21/h2-6,9,14,16-17H,7,10-13,15,18-20H2,1H3,(H,32,34). The molecule has 2 saturated heterocycles. The number of carbonyl (C=O) groups excluding carboxylic acids is 1. The maximum atomic E-state index is 12.7. The summed E-state index contributed by atoms with van der Waals surface area (Å²) in [6.07, 6.45) is 6.60. The molecule has 0 saturated carbocycles. The first-order valence-corrected chi connectivity index (χ1v) is 13.8. The SMILES string of the molecule is CN1CCN(C(=O)Cn2cc(Nc3nc4c(N5CC(CC#N)(Cc6cccc(Cl)c6)C5)cccn4n3)cn2)CC1. The van der Waals surface area contributed by atoms with E-state index in [-0.39, 0.29) is 17.9 Å². The lowest BCUT2D eigenvalue weighted by atomic mass is 9.72. The molecule has 2 aliphatic rings. The Bertz CT molecular complexity index is 1560. The van der Waals surface area contributed by atoms with Crippen LogP contribution in [-0.4, -0.2) is 86.4 Å². The van der Waals surface area contributed by atoms with Crippen molar-refractivity contribution in [2.24, 2.45) is 5.41 Å². The summed E-state index contributed by atoms with van der Waals surface area (Å²) in [5, 5.41) is 22.4. The van der Waals surface area contributed by atoms with Gasteiger partial charge in [-0.15, -0.1) is 5.10 Å². The zero-order valence-electron chi connectivity index (χ0n) is 22.4. The van der Waals surface area contributed by atoms with Crippen LogP contribution in [-0.2, 0) is 17.8 Å². The van der Waals surface area contributed by atoms with E-state index in [1.54, 1.807) is 21.6 Å². The molecule has 6 rings (SSSR count). The molecule has 0 aliphatic carbocycles. The Kier molecular flexibility index (Phi) is 7.04. The van der Waals surface area contributed by atoms with Gasteiger partial charge >= 0.3 is 0 Å². The molecule has 3 aromatic heterocycles. The van der Waals surface area contributed by atoms with E-state index < -0.39 is 0 Å². The van der Waals surface area contributed by atoms with E-state index in [9.17, 15) is 10.1 Å². The number of halogens is 1. The molecule has 2 fully saturated rings. The number of fused-ring (bicyclic) bond motifs is 1. The minimum Gasteiger partial charge on any atom is -0.367 e. The van der Waals surface area contributed by atoms with Gasteiger partial charge in [0, 0.05) is 68.5 Å². The van der Waals surface area contributed by atoms with Crippen molar-refractivity contribution in [3.63, 3.8) is 0 Å². The Morgan fingerprint density at radius 1 is 1.18 bits per heavy atom. The van der Waals surface area contributed by atoms with Gasteiger partial charge in [-0.1, -0.05) is 23.7 Å². The molecule has 206 valence electrons. The maximum absolute atomic E-state index is 12.7. The van der Waals surface area contributed by atoms with Gasteiger partial charge in [0.1, 0.15) is 6.54 Å². The number of benzene rings is 1. The number of amides is 1. The molecule has 0 bridgehead atoms. The van der Waals surface area contributed by atoms with Gasteiger partial charge in [0.15, 0.2) is 5.65 Å². The molecule has 0 radical (unpaired) electrons. The van der Waals surface area contributed by atoms with Crippen molar-refractivity contribution in [3.05, 3.63) is 65.6 Å². The monoisotopic (exact) mass is 558 g/mol. The quantitative estimate of drug-likeness (QED) is 0.351. The predicted molar refractivity (Wildman–Crippen MR) is 153 cm³/mol. The van der Waals surface area contributed by atoms with Crippen LogP contribution >= 0.6 is 11.6 Å². The van der Waals surface area contributed by atoms with Crippen molar-refractivity contribution in [2.45, 2.75) is 19.4 Å². The summed E-state index contributed by atoms with van der Waals surface area (Å²) in [5.41, 5.74) is 3.42. The fraction of sp³-hybridized carbons (Fsp3) is 0.393. The van der Waals surface area contributed by atoms with Crippen molar-refractivity contribution in [1.29, 1.82) is 5.26 Å². The van der Waals surface area contributed by atoms with Crippen molar-refractivity contribution < 1.29 is 4.79 Å². The third kappa shape index (κ3) is 5.46. The second-order valence-electron chi connectivity index (χ2n) is 10.8.